The van der Waals surface area contributed by atoms with Gasteiger partial charge < -0.3 is 15.5 Å². The molecule has 2 N–H and O–H groups in total. The van der Waals surface area contributed by atoms with Crippen molar-refractivity contribution in [1.29, 1.82) is 0 Å². The summed E-state index contributed by atoms with van der Waals surface area (Å²) in [6.45, 7) is 6.64. The van der Waals surface area contributed by atoms with Gasteiger partial charge in [0.2, 0.25) is 5.91 Å². The molecule has 0 radical (unpaired) electrons. The van der Waals surface area contributed by atoms with Crippen molar-refractivity contribution >= 4 is 28.9 Å². The molecular formula is C16H22ClN3O. The largest absolute Gasteiger partial charge is 0.370 e. The molecule has 2 aliphatic heterocycles. The molecule has 0 aromatic heterocycles. The van der Waals surface area contributed by atoms with Crippen molar-refractivity contribution in [3.8, 4) is 0 Å². The predicted octanol–water partition coefficient (Wildman–Crippen LogP) is 3.18. The second kappa shape index (κ2) is 5.18. The van der Waals surface area contributed by atoms with Crippen LogP contribution in [0, 0.1) is 5.41 Å². The number of anilines is 2. The predicted molar refractivity (Wildman–Crippen MR) is 87.1 cm³/mol. The first-order valence-electron chi connectivity index (χ1n) is 7.48. The minimum Gasteiger partial charge on any atom is -0.370 e. The van der Waals surface area contributed by atoms with Crippen molar-refractivity contribution in [2.45, 2.75) is 32.7 Å². The number of amides is 1. The number of nitrogens with one attached hydrogen (secondary N) is 2. The first-order chi connectivity index (χ1) is 9.91. The molecule has 1 aromatic carbocycles. The topological polar surface area (TPSA) is 44.4 Å². The molecule has 1 saturated heterocycles. The molecule has 1 unspecified atom stereocenters. The van der Waals surface area contributed by atoms with Gasteiger partial charge in [-0.1, -0.05) is 25.4 Å². The van der Waals surface area contributed by atoms with Gasteiger partial charge in [0.05, 0.1) is 10.7 Å². The average molecular weight is 308 g/mol. The van der Waals surface area contributed by atoms with Crippen LogP contribution >= 0.6 is 11.6 Å². The van der Waals surface area contributed by atoms with E-state index in [1.165, 1.54) is 0 Å². The number of fused-ring (bicyclic) bond motifs is 1. The molecule has 0 aliphatic carbocycles. The van der Waals surface area contributed by atoms with Gasteiger partial charge in [-0.3, -0.25) is 4.79 Å². The van der Waals surface area contributed by atoms with Crippen LogP contribution in [0.15, 0.2) is 12.1 Å². The lowest BCUT2D eigenvalue weighted by atomic mass is 9.82. The van der Waals surface area contributed by atoms with Gasteiger partial charge in [0.1, 0.15) is 6.04 Å². The minimum absolute atomic E-state index is 0.0134. The number of halogens is 1. The Balaban J connectivity index is 1.89. The van der Waals surface area contributed by atoms with E-state index in [-0.39, 0.29) is 11.9 Å². The number of likely N-dealkylation sites (N-methyl/N-ethyl adjacent to an activating group) is 1. The second-order valence-electron chi connectivity index (χ2n) is 6.75. The Morgan fingerprint density at radius 3 is 2.62 bits per heavy atom. The third-order valence-electron chi connectivity index (χ3n) is 4.70. The van der Waals surface area contributed by atoms with Gasteiger partial charge in [-0.05, 0) is 37.4 Å². The molecule has 1 atom stereocenters. The van der Waals surface area contributed by atoms with Crippen molar-refractivity contribution in [3.05, 3.63) is 22.7 Å². The highest BCUT2D eigenvalue weighted by molar-refractivity contribution is 6.33. The number of rotatable bonds is 2. The first-order valence-corrected chi connectivity index (χ1v) is 7.85. The van der Waals surface area contributed by atoms with Crippen LogP contribution in [0.3, 0.4) is 0 Å². The average Bonchev–Trinajstić information content (AvgIpc) is 2.72. The highest BCUT2D eigenvalue weighted by Gasteiger charge is 2.32. The van der Waals surface area contributed by atoms with Crippen molar-refractivity contribution in [1.82, 2.24) is 5.32 Å². The molecule has 1 amide bonds. The zero-order valence-corrected chi connectivity index (χ0v) is 13.5. The summed E-state index contributed by atoms with van der Waals surface area (Å²) in [4.78, 5) is 14.2. The van der Waals surface area contributed by atoms with Crippen LogP contribution in [0.1, 0.15) is 38.3 Å². The minimum atomic E-state index is -0.299. The first kappa shape index (κ1) is 14.7. The second-order valence-corrected chi connectivity index (χ2v) is 7.16. The quantitative estimate of drug-likeness (QED) is 0.882. The standard InChI is InChI=1S/C16H22ClN3O/c1-16(2)4-6-20(7-5-16)13-9-12-10(8-11(13)17)14(18-3)15(21)19-12/h8-9,14,18H,4-7H2,1-3H3,(H,19,21). The number of carbonyl (C=O) groups is 1. The smallest absolute Gasteiger partial charge is 0.246 e. The summed E-state index contributed by atoms with van der Waals surface area (Å²) < 4.78 is 0. The summed E-state index contributed by atoms with van der Waals surface area (Å²) in [6.07, 6.45) is 2.32. The fourth-order valence-corrected chi connectivity index (χ4v) is 3.44. The maximum atomic E-state index is 11.9. The third-order valence-corrected chi connectivity index (χ3v) is 5.00. The van der Waals surface area contributed by atoms with Gasteiger partial charge in [0, 0.05) is 24.3 Å². The molecule has 0 saturated carbocycles. The summed E-state index contributed by atoms with van der Waals surface area (Å²) in [5.74, 6) is -0.0134. The molecule has 114 valence electrons. The summed E-state index contributed by atoms with van der Waals surface area (Å²) in [7, 11) is 1.79. The van der Waals surface area contributed by atoms with Crippen molar-refractivity contribution in [2.24, 2.45) is 5.41 Å². The van der Waals surface area contributed by atoms with E-state index in [2.05, 4.69) is 29.4 Å². The summed E-state index contributed by atoms with van der Waals surface area (Å²) in [5, 5.41) is 6.68. The molecule has 21 heavy (non-hydrogen) atoms. The maximum absolute atomic E-state index is 11.9. The monoisotopic (exact) mass is 307 g/mol. The van der Waals surface area contributed by atoms with E-state index in [1.807, 2.05) is 12.1 Å². The van der Waals surface area contributed by atoms with Crippen LogP contribution in [0.4, 0.5) is 11.4 Å². The molecule has 4 nitrogen and oxygen atoms in total. The van der Waals surface area contributed by atoms with Gasteiger partial charge in [-0.25, -0.2) is 0 Å². The Kier molecular flexibility index (Phi) is 3.62. The Bertz CT molecular complexity index is 575. The van der Waals surface area contributed by atoms with Gasteiger partial charge in [-0.15, -0.1) is 0 Å². The van der Waals surface area contributed by atoms with Crippen LogP contribution in [0.2, 0.25) is 5.02 Å². The highest BCUT2D eigenvalue weighted by Crippen LogP contribution is 2.41. The molecule has 2 heterocycles. The van der Waals surface area contributed by atoms with Gasteiger partial charge in [0.15, 0.2) is 0 Å². The van der Waals surface area contributed by atoms with Gasteiger partial charge >= 0.3 is 0 Å². The van der Waals surface area contributed by atoms with Crippen molar-refractivity contribution in [3.63, 3.8) is 0 Å². The van der Waals surface area contributed by atoms with Crippen LogP contribution in [0.5, 0.6) is 0 Å². The van der Waals surface area contributed by atoms with E-state index in [0.29, 0.717) is 5.41 Å². The Hall–Kier alpha value is -1.26. The third kappa shape index (κ3) is 2.62. The molecule has 1 fully saturated rings. The number of piperidine rings is 1. The van der Waals surface area contributed by atoms with Crippen LogP contribution in [-0.2, 0) is 4.79 Å². The van der Waals surface area contributed by atoms with Crippen LogP contribution in [-0.4, -0.2) is 26.0 Å². The lowest BCUT2D eigenvalue weighted by Gasteiger charge is -2.38. The summed E-state index contributed by atoms with van der Waals surface area (Å²) in [5.41, 5.74) is 3.26. The summed E-state index contributed by atoms with van der Waals surface area (Å²) in [6, 6.07) is 3.64. The molecule has 0 bridgehead atoms. The zero-order chi connectivity index (χ0) is 15.2. The number of hydrogen-bond donors (Lipinski definition) is 2. The van der Waals surface area contributed by atoms with Crippen molar-refractivity contribution in [2.75, 3.05) is 30.4 Å². The van der Waals surface area contributed by atoms with E-state index in [1.54, 1.807) is 7.05 Å². The van der Waals surface area contributed by atoms with Gasteiger partial charge in [-0.2, -0.15) is 0 Å². The SMILES string of the molecule is CNC1C(=O)Nc2cc(N3CCC(C)(C)CC3)c(Cl)cc21. The van der Waals surface area contributed by atoms with Crippen LogP contribution in [0.25, 0.3) is 0 Å². The molecule has 5 heteroatoms. The number of carbonyl (C=O) groups excluding carboxylic acids is 1. The van der Waals surface area contributed by atoms with E-state index >= 15 is 0 Å². The van der Waals surface area contributed by atoms with E-state index in [4.69, 9.17) is 11.6 Å². The molecule has 1 aromatic rings. The number of hydrogen-bond acceptors (Lipinski definition) is 3. The Morgan fingerprint density at radius 1 is 1.33 bits per heavy atom. The number of benzene rings is 1. The Morgan fingerprint density at radius 2 is 2.00 bits per heavy atom. The highest BCUT2D eigenvalue weighted by atomic mass is 35.5. The molecule has 3 rings (SSSR count). The molecular weight excluding hydrogens is 286 g/mol. The van der Waals surface area contributed by atoms with E-state index in [0.717, 1.165) is 47.9 Å². The van der Waals surface area contributed by atoms with Gasteiger partial charge in [0.25, 0.3) is 0 Å². The Labute approximate surface area is 130 Å². The van der Waals surface area contributed by atoms with E-state index < -0.39 is 0 Å². The molecule has 0 spiro atoms. The normalized spacial score (nSPS) is 23.9. The van der Waals surface area contributed by atoms with E-state index in [9.17, 15) is 4.79 Å². The molecule has 2 aliphatic rings. The zero-order valence-electron chi connectivity index (χ0n) is 12.8. The fourth-order valence-electron chi connectivity index (χ4n) is 3.15. The maximum Gasteiger partial charge on any atom is 0.246 e. The number of nitrogens with zero attached hydrogens (tertiary/aromatic N) is 1. The fraction of sp³-hybridized carbons (Fsp3) is 0.562. The summed E-state index contributed by atoms with van der Waals surface area (Å²) >= 11 is 6.47. The van der Waals surface area contributed by atoms with Crippen molar-refractivity contribution < 1.29 is 4.79 Å². The lowest BCUT2D eigenvalue weighted by Crippen LogP contribution is -2.37. The van der Waals surface area contributed by atoms with Crippen LogP contribution < -0.4 is 15.5 Å². The lowest BCUT2D eigenvalue weighted by molar-refractivity contribution is -0.117.